The molecule has 0 fully saturated rings. The Bertz CT molecular complexity index is 1120. The summed E-state index contributed by atoms with van der Waals surface area (Å²) in [6, 6.07) is 10.1. The minimum Gasteiger partial charge on any atom is -0.282 e. The Morgan fingerprint density at radius 2 is 0.804 bits per heavy atom. The van der Waals surface area contributed by atoms with E-state index in [1.807, 2.05) is 24.3 Å². The highest BCUT2D eigenvalue weighted by molar-refractivity contribution is 7.86. The molecular formula is C42H72O3S. The third kappa shape index (κ3) is 18.8. The van der Waals surface area contributed by atoms with E-state index < -0.39 is 10.1 Å². The molecule has 2 rings (SSSR count). The Hall–Kier alpha value is -1.39. The van der Waals surface area contributed by atoms with E-state index in [1.54, 1.807) is 0 Å². The van der Waals surface area contributed by atoms with Crippen molar-refractivity contribution in [2.75, 3.05) is 0 Å². The summed E-state index contributed by atoms with van der Waals surface area (Å²) in [6.45, 7) is 4.55. The molecule has 0 saturated carbocycles. The third-order valence-corrected chi connectivity index (χ3v) is 11.0. The molecule has 2 aromatic carbocycles. The lowest BCUT2D eigenvalue weighted by atomic mass is 9.98. The molecule has 1 N–H and O–H groups in total. The third-order valence-electron chi connectivity index (χ3n) is 9.99. The summed E-state index contributed by atoms with van der Waals surface area (Å²) in [6.07, 6.45) is 38.8. The van der Waals surface area contributed by atoms with Gasteiger partial charge in [0.25, 0.3) is 10.1 Å². The Balaban J connectivity index is 1.66. The summed E-state index contributed by atoms with van der Waals surface area (Å²) < 4.78 is 35.4. The first-order valence-electron chi connectivity index (χ1n) is 20.0. The SMILES string of the molecule is CCCCCCCCCCCCCCCCc1ccc2ccc(CCCCCCCCCCCCCCCC)c(S(=O)(=O)O)c2c1. The zero-order valence-electron chi connectivity index (χ0n) is 30.3. The fraction of sp³-hybridized carbons (Fsp3) is 0.762. The van der Waals surface area contributed by atoms with Gasteiger partial charge in [0.05, 0.1) is 0 Å². The predicted molar refractivity (Wildman–Crippen MR) is 202 cm³/mol. The van der Waals surface area contributed by atoms with Crippen molar-refractivity contribution in [2.24, 2.45) is 0 Å². The minimum atomic E-state index is -4.30. The summed E-state index contributed by atoms with van der Waals surface area (Å²) in [5.74, 6) is 0. The molecule has 4 heteroatoms. The van der Waals surface area contributed by atoms with Crippen LogP contribution in [0.15, 0.2) is 35.2 Å². The number of rotatable bonds is 31. The molecule has 0 aliphatic carbocycles. The molecular weight excluding hydrogens is 585 g/mol. The monoisotopic (exact) mass is 657 g/mol. The van der Waals surface area contributed by atoms with Gasteiger partial charge in [-0.3, -0.25) is 4.55 Å². The number of benzene rings is 2. The van der Waals surface area contributed by atoms with E-state index in [0.717, 1.165) is 36.6 Å². The van der Waals surface area contributed by atoms with E-state index in [4.69, 9.17) is 0 Å². The normalized spacial score (nSPS) is 12.0. The van der Waals surface area contributed by atoms with Crippen LogP contribution in [0.4, 0.5) is 0 Å². The predicted octanol–water partition coefficient (Wildman–Crippen LogP) is 14.1. The van der Waals surface area contributed by atoms with Gasteiger partial charge in [-0.15, -0.1) is 0 Å². The molecule has 0 unspecified atom stereocenters. The van der Waals surface area contributed by atoms with Gasteiger partial charge in [0.15, 0.2) is 0 Å². The summed E-state index contributed by atoms with van der Waals surface area (Å²) >= 11 is 0. The van der Waals surface area contributed by atoms with Gasteiger partial charge in [-0.25, -0.2) is 0 Å². The van der Waals surface area contributed by atoms with Crippen molar-refractivity contribution in [3.05, 3.63) is 41.5 Å². The first-order valence-corrected chi connectivity index (χ1v) is 21.4. The Morgan fingerprint density at radius 1 is 0.457 bits per heavy atom. The van der Waals surface area contributed by atoms with E-state index in [1.165, 1.54) is 166 Å². The topological polar surface area (TPSA) is 54.4 Å². The molecule has 0 saturated heterocycles. The Morgan fingerprint density at radius 3 is 1.20 bits per heavy atom. The molecule has 0 spiro atoms. The van der Waals surface area contributed by atoms with Gasteiger partial charge in [-0.2, -0.15) is 8.42 Å². The van der Waals surface area contributed by atoms with Gasteiger partial charge in [0.2, 0.25) is 0 Å². The first-order chi connectivity index (χ1) is 22.5. The second-order valence-electron chi connectivity index (χ2n) is 14.3. The summed E-state index contributed by atoms with van der Waals surface area (Å²) in [5, 5.41) is 1.58. The zero-order chi connectivity index (χ0) is 33.1. The van der Waals surface area contributed by atoms with Crippen molar-refractivity contribution in [3.8, 4) is 0 Å². The van der Waals surface area contributed by atoms with Crippen molar-refractivity contribution in [2.45, 2.75) is 211 Å². The molecule has 3 nitrogen and oxygen atoms in total. The quantitative estimate of drug-likeness (QED) is 0.0649. The van der Waals surface area contributed by atoms with Crippen molar-refractivity contribution >= 4 is 20.9 Å². The molecule has 46 heavy (non-hydrogen) atoms. The van der Waals surface area contributed by atoms with Crippen LogP contribution < -0.4 is 0 Å². The van der Waals surface area contributed by atoms with Crippen LogP contribution in [0.1, 0.15) is 205 Å². The lowest BCUT2D eigenvalue weighted by Crippen LogP contribution is -2.05. The van der Waals surface area contributed by atoms with Crippen molar-refractivity contribution in [3.63, 3.8) is 0 Å². The van der Waals surface area contributed by atoms with Crippen LogP contribution in [0.5, 0.6) is 0 Å². The van der Waals surface area contributed by atoms with E-state index in [0.29, 0.717) is 11.8 Å². The summed E-state index contributed by atoms with van der Waals surface area (Å²) in [4.78, 5) is 0.141. The van der Waals surface area contributed by atoms with Gasteiger partial charge in [-0.1, -0.05) is 205 Å². The highest BCUT2D eigenvalue weighted by atomic mass is 32.2. The lowest BCUT2D eigenvalue weighted by Gasteiger charge is -2.12. The van der Waals surface area contributed by atoms with Gasteiger partial charge < -0.3 is 0 Å². The summed E-state index contributed by atoms with van der Waals surface area (Å²) in [5.41, 5.74) is 1.94. The van der Waals surface area contributed by atoms with Crippen LogP contribution in [0, 0.1) is 0 Å². The molecule has 2 aromatic rings. The maximum Gasteiger partial charge on any atom is 0.295 e. The smallest absolute Gasteiger partial charge is 0.282 e. The largest absolute Gasteiger partial charge is 0.295 e. The van der Waals surface area contributed by atoms with E-state index >= 15 is 0 Å². The highest BCUT2D eigenvalue weighted by Gasteiger charge is 2.19. The van der Waals surface area contributed by atoms with Crippen LogP contribution in [0.25, 0.3) is 10.8 Å². The molecule has 0 atom stereocenters. The summed E-state index contributed by atoms with van der Waals surface area (Å²) in [7, 11) is -4.30. The maximum absolute atomic E-state index is 12.6. The van der Waals surface area contributed by atoms with Gasteiger partial charge in [-0.05, 0) is 48.3 Å². The zero-order valence-corrected chi connectivity index (χ0v) is 31.1. The van der Waals surface area contributed by atoms with Crippen LogP contribution in [0.2, 0.25) is 0 Å². The fourth-order valence-electron chi connectivity index (χ4n) is 7.08. The molecule has 0 heterocycles. The Labute approximate surface area is 285 Å². The molecule has 0 aliphatic rings. The van der Waals surface area contributed by atoms with Crippen LogP contribution in [0.3, 0.4) is 0 Å². The number of aryl methyl sites for hydroxylation is 2. The van der Waals surface area contributed by atoms with E-state index in [-0.39, 0.29) is 4.90 Å². The number of fused-ring (bicyclic) bond motifs is 1. The second-order valence-corrected chi connectivity index (χ2v) is 15.6. The first kappa shape index (κ1) is 40.8. The van der Waals surface area contributed by atoms with Crippen LogP contribution in [-0.4, -0.2) is 13.0 Å². The highest BCUT2D eigenvalue weighted by Crippen LogP contribution is 2.30. The van der Waals surface area contributed by atoms with Crippen LogP contribution >= 0.6 is 0 Å². The van der Waals surface area contributed by atoms with Gasteiger partial charge in [0.1, 0.15) is 4.90 Å². The molecule has 0 bridgehead atoms. The molecule has 0 amide bonds. The molecule has 0 radical (unpaired) electrons. The van der Waals surface area contributed by atoms with Crippen LogP contribution in [-0.2, 0) is 23.0 Å². The Kier molecular flexibility index (Phi) is 23.5. The average molecular weight is 657 g/mol. The van der Waals surface area contributed by atoms with Gasteiger partial charge >= 0.3 is 0 Å². The second kappa shape index (κ2) is 26.6. The van der Waals surface area contributed by atoms with Crippen molar-refractivity contribution in [1.29, 1.82) is 0 Å². The van der Waals surface area contributed by atoms with Gasteiger partial charge in [0, 0.05) is 5.39 Å². The maximum atomic E-state index is 12.6. The number of hydrogen-bond donors (Lipinski definition) is 1. The average Bonchev–Trinajstić information content (AvgIpc) is 3.04. The fourth-order valence-corrected chi connectivity index (χ4v) is 8.03. The lowest BCUT2D eigenvalue weighted by molar-refractivity contribution is 0.482. The molecule has 264 valence electrons. The van der Waals surface area contributed by atoms with Crippen molar-refractivity contribution in [1.82, 2.24) is 0 Å². The minimum absolute atomic E-state index is 0.141. The number of hydrogen-bond acceptors (Lipinski definition) is 2. The standard InChI is InChI=1S/C42H72O3S/c1-3-5-7-9-11-13-15-17-19-21-23-25-27-29-31-38-33-34-39-35-36-40(42(41(39)37-38)46(43,44)45)32-30-28-26-24-22-20-18-16-14-12-10-8-6-4-2/h33-37H,3-32H2,1-2H3,(H,43,44,45). The van der Waals surface area contributed by atoms with E-state index in [9.17, 15) is 13.0 Å². The molecule has 0 aliphatic heterocycles. The van der Waals surface area contributed by atoms with Crippen molar-refractivity contribution < 1.29 is 13.0 Å². The number of unbranched alkanes of at least 4 members (excludes halogenated alkanes) is 26. The van der Waals surface area contributed by atoms with E-state index in [2.05, 4.69) is 19.9 Å². The molecule has 0 aromatic heterocycles.